The monoisotopic (exact) mass is 296 g/mol. The van der Waals surface area contributed by atoms with E-state index in [-0.39, 0.29) is 5.60 Å². The lowest BCUT2D eigenvalue weighted by atomic mass is 9.74. The van der Waals surface area contributed by atoms with Gasteiger partial charge in [0.1, 0.15) is 18.3 Å². The molecule has 0 aromatic rings. The van der Waals surface area contributed by atoms with Gasteiger partial charge < -0.3 is 14.2 Å². The van der Waals surface area contributed by atoms with E-state index in [0.29, 0.717) is 18.6 Å². The Labute approximate surface area is 130 Å². The molecule has 1 saturated carbocycles. The first-order chi connectivity index (χ1) is 10.3. The van der Waals surface area contributed by atoms with Crippen LogP contribution in [0.5, 0.6) is 0 Å². The molecule has 1 aliphatic carbocycles. The van der Waals surface area contributed by atoms with Crippen LogP contribution in [0.2, 0.25) is 0 Å². The van der Waals surface area contributed by atoms with E-state index in [2.05, 4.69) is 13.5 Å². The average Bonchev–Trinajstić information content (AvgIpc) is 3.35. The molecule has 0 spiro atoms. The van der Waals surface area contributed by atoms with Crippen LogP contribution in [-0.4, -0.2) is 31.5 Å². The van der Waals surface area contributed by atoms with Gasteiger partial charge >= 0.3 is 0 Å². The number of epoxide rings is 1. The lowest BCUT2D eigenvalue weighted by Gasteiger charge is -2.42. The molecule has 0 N–H and O–H groups in total. The smallest absolute Gasteiger partial charge is 0.116 e. The van der Waals surface area contributed by atoms with Crippen molar-refractivity contribution in [2.45, 2.75) is 76.4 Å². The van der Waals surface area contributed by atoms with E-state index in [9.17, 15) is 0 Å². The predicted molar refractivity (Wildman–Crippen MR) is 85.3 cm³/mol. The van der Waals surface area contributed by atoms with Crippen molar-refractivity contribution in [2.24, 2.45) is 5.92 Å². The molecule has 1 saturated heterocycles. The van der Waals surface area contributed by atoms with Crippen molar-refractivity contribution in [1.29, 1.82) is 0 Å². The fourth-order valence-corrected chi connectivity index (χ4v) is 3.55. The van der Waals surface area contributed by atoms with Gasteiger partial charge in [-0.2, -0.15) is 0 Å². The molecule has 1 aliphatic heterocycles. The highest BCUT2D eigenvalue weighted by molar-refractivity contribution is 4.91. The Kier molecular flexibility index (Phi) is 7.05. The molecular formula is C18H32O3. The first-order valence-electron chi connectivity index (χ1n) is 8.79. The highest BCUT2D eigenvalue weighted by Gasteiger charge is 2.42. The third-order valence-corrected chi connectivity index (χ3v) is 4.96. The number of unbranched alkanes of at least 4 members (excludes halogenated alkanes) is 2. The summed E-state index contributed by atoms with van der Waals surface area (Å²) < 4.78 is 17.4. The fraction of sp³-hybridized carbons (Fsp3) is 0.889. The Morgan fingerprint density at radius 1 is 1.24 bits per heavy atom. The number of rotatable bonds is 11. The molecule has 2 fully saturated rings. The van der Waals surface area contributed by atoms with Gasteiger partial charge in [0.2, 0.25) is 0 Å². The molecule has 21 heavy (non-hydrogen) atoms. The average molecular weight is 296 g/mol. The maximum Gasteiger partial charge on any atom is 0.116 e. The van der Waals surface area contributed by atoms with Crippen molar-refractivity contribution in [3.63, 3.8) is 0 Å². The van der Waals surface area contributed by atoms with E-state index in [4.69, 9.17) is 14.2 Å². The normalized spacial score (nSPS) is 25.3. The van der Waals surface area contributed by atoms with Crippen molar-refractivity contribution >= 4 is 0 Å². The highest BCUT2D eigenvalue weighted by atomic mass is 16.6. The SMILES string of the molecule is C=COCC(CCCCC)(OCC1CO1)C1CCCCC1. The van der Waals surface area contributed by atoms with Crippen LogP contribution < -0.4 is 0 Å². The molecule has 3 nitrogen and oxygen atoms in total. The quantitative estimate of drug-likeness (QED) is 0.320. The van der Waals surface area contributed by atoms with Gasteiger partial charge in [-0.1, -0.05) is 52.0 Å². The summed E-state index contributed by atoms with van der Waals surface area (Å²) in [7, 11) is 0. The minimum Gasteiger partial charge on any atom is -0.499 e. The molecule has 122 valence electrons. The third-order valence-electron chi connectivity index (χ3n) is 4.96. The van der Waals surface area contributed by atoms with Gasteiger partial charge in [0.15, 0.2) is 0 Å². The van der Waals surface area contributed by atoms with Crippen molar-refractivity contribution in [3.8, 4) is 0 Å². The van der Waals surface area contributed by atoms with Crippen LogP contribution in [-0.2, 0) is 14.2 Å². The van der Waals surface area contributed by atoms with Gasteiger partial charge in [-0.05, 0) is 25.2 Å². The van der Waals surface area contributed by atoms with Crippen LogP contribution in [0.25, 0.3) is 0 Å². The molecule has 0 aromatic heterocycles. The summed E-state index contributed by atoms with van der Waals surface area (Å²) in [5.41, 5.74) is -0.129. The molecular weight excluding hydrogens is 264 g/mol. The maximum absolute atomic E-state index is 6.44. The van der Waals surface area contributed by atoms with Gasteiger partial charge in [-0.25, -0.2) is 0 Å². The summed E-state index contributed by atoms with van der Waals surface area (Å²) in [5, 5.41) is 0. The molecule has 2 aliphatic rings. The Morgan fingerprint density at radius 2 is 2.00 bits per heavy atom. The van der Waals surface area contributed by atoms with Crippen LogP contribution >= 0.6 is 0 Å². The second-order valence-corrected chi connectivity index (χ2v) is 6.60. The molecule has 0 amide bonds. The molecule has 1 heterocycles. The topological polar surface area (TPSA) is 31.0 Å². The van der Waals surface area contributed by atoms with E-state index >= 15 is 0 Å². The second kappa shape index (κ2) is 8.79. The second-order valence-electron chi connectivity index (χ2n) is 6.60. The fourth-order valence-electron chi connectivity index (χ4n) is 3.55. The lowest BCUT2D eigenvalue weighted by Crippen LogP contribution is -2.46. The van der Waals surface area contributed by atoms with Gasteiger partial charge in [0.25, 0.3) is 0 Å². The van der Waals surface area contributed by atoms with Gasteiger partial charge in [0.05, 0.1) is 19.5 Å². The van der Waals surface area contributed by atoms with Crippen LogP contribution in [0, 0.1) is 5.92 Å². The molecule has 0 radical (unpaired) electrons. The number of hydrogen-bond acceptors (Lipinski definition) is 3. The van der Waals surface area contributed by atoms with Crippen LogP contribution in [0.3, 0.4) is 0 Å². The zero-order valence-electron chi connectivity index (χ0n) is 13.6. The molecule has 0 bridgehead atoms. The summed E-state index contributed by atoms with van der Waals surface area (Å²) >= 11 is 0. The summed E-state index contributed by atoms with van der Waals surface area (Å²) in [6.45, 7) is 8.20. The standard InChI is InChI=1S/C18H32O3/c1-3-5-9-12-18(15-19-4-2,21-14-17-13-20-17)16-10-7-6-8-11-16/h4,16-17H,2-3,5-15H2,1H3. The van der Waals surface area contributed by atoms with Gasteiger partial charge in [0, 0.05) is 0 Å². The minimum atomic E-state index is -0.129. The Hall–Kier alpha value is -0.540. The molecule has 3 heteroatoms. The van der Waals surface area contributed by atoms with Crippen molar-refractivity contribution in [3.05, 3.63) is 12.8 Å². The van der Waals surface area contributed by atoms with Crippen molar-refractivity contribution < 1.29 is 14.2 Å². The van der Waals surface area contributed by atoms with E-state index in [1.807, 2.05) is 0 Å². The zero-order chi connectivity index (χ0) is 15.0. The Bertz CT molecular complexity index is 295. The minimum absolute atomic E-state index is 0.129. The van der Waals surface area contributed by atoms with Gasteiger partial charge in [-0.3, -0.25) is 0 Å². The zero-order valence-corrected chi connectivity index (χ0v) is 13.6. The van der Waals surface area contributed by atoms with E-state index in [1.54, 1.807) is 6.26 Å². The number of ether oxygens (including phenoxy) is 3. The predicted octanol–water partition coefficient (Wildman–Crippen LogP) is 4.46. The first kappa shape index (κ1) is 16.8. The molecule has 2 unspecified atom stereocenters. The van der Waals surface area contributed by atoms with E-state index in [1.165, 1.54) is 51.4 Å². The lowest BCUT2D eigenvalue weighted by molar-refractivity contribution is -0.135. The van der Waals surface area contributed by atoms with E-state index < -0.39 is 0 Å². The largest absolute Gasteiger partial charge is 0.499 e. The summed E-state index contributed by atoms with van der Waals surface area (Å²) in [6.07, 6.45) is 13.3. The summed E-state index contributed by atoms with van der Waals surface area (Å²) in [4.78, 5) is 0. The molecule has 0 aromatic carbocycles. The van der Waals surface area contributed by atoms with Crippen LogP contribution in [0.4, 0.5) is 0 Å². The Balaban J connectivity index is 2.01. The summed E-state index contributed by atoms with van der Waals surface area (Å²) in [6, 6.07) is 0. The highest BCUT2D eigenvalue weighted by Crippen LogP contribution is 2.39. The number of hydrogen-bond donors (Lipinski definition) is 0. The van der Waals surface area contributed by atoms with Crippen molar-refractivity contribution in [2.75, 3.05) is 19.8 Å². The maximum atomic E-state index is 6.44. The first-order valence-corrected chi connectivity index (χ1v) is 8.79. The molecule has 2 rings (SSSR count). The van der Waals surface area contributed by atoms with Crippen molar-refractivity contribution in [1.82, 2.24) is 0 Å². The third kappa shape index (κ3) is 5.30. The van der Waals surface area contributed by atoms with Gasteiger partial charge in [-0.15, -0.1) is 0 Å². The van der Waals surface area contributed by atoms with Crippen LogP contribution in [0.15, 0.2) is 12.8 Å². The summed E-state index contributed by atoms with van der Waals surface area (Å²) in [5.74, 6) is 0.627. The van der Waals surface area contributed by atoms with E-state index in [0.717, 1.165) is 19.6 Å². The molecule has 2 atom stereocenters. The Morgan fingerprint density at radius 3 is 2.62 bits per heavy atom. The van der Waals surface area contributed by atoms with Crippen LogP contribution in [0.1, 0.15) is 64.7 Å².